The lowest BCUT2D eigenvalue weighted by Crippen LogP contribution is -2.31. The largest absolute Gasteiger partial charge is 0.416 e. The third-order valence-corrected chi connectivity index (χ3v) is 5.02. The van der Waals surface area contributed by atoms with Crippen LogP contribution in [0.4, 0.5) is 13.2 Å². The van der Waals surface area contributed by atoms with Gasteiger partial charge in [0.2, 0.25) is 0 Å². The van der Waals surface area contributed by atoms with Crippen LogP contribution < -0.4 is 10.9 Å². The summed E-state index contributed by atoms with van der Waals surface area (Å²) in [7, 11) is 0. The molecular formula is C24H18F3N3O2. The number of amides is 1. The zero-order valence-electron chi connectivity index (χ0n) is 16.8. The van der Waals surface area contributed by atoms with Crippen molar-refractivity contribution in [2.24, 2.45) is 0 Å². The number of carbonyl (C=O) groups is 1. The number of aromatic nitrogens is 2. The van der Waals surface area contributed by atoms with Crippen LogP contribution in [0.15, 0.2) is 83.7 Å². The van der Waals surface area contributed by atoms with Crippen molar-refractivity contribution in [3.63, 3.8) is 0 Å². The first-order valence-electron chi connectivity index (χ1n) is 9.87. The lowest BCUT2D eigenvalue weighted by atomic mass is 10.0. The van der Waals surface area contributed by atoms with Gasteiger partial charge in [0.25, 0.3) is 11.5 Å². The van der Waals surface area contributed by atoms with Crippen molar-refractivity contribution >= 4 is 16.7 Å². The summed E-state index contributed by atoms with van der Waals surface area (Å²) in [5, 5.41) is 7.59. The minimum atomic E-state index is -4.47. The molecule has 0 aliphatic carbocycles. The van der Waals surface area contributed by atoms with Gasteiger partial charge in [-0.25, -0.2) is 0 Å². The van der Waals surface area contributed by atoms with Gasteiger partial charge in [-0.1, -0.05) is 54.6 Å². The highest BCUT2D eigenvalue weighted by atomic mass is 19.4. The van der Waals surface area contributed by atoms with Crippen molar-refractivity contribution < 1.29 is 18.0 Å². The van der Waals surface area contributed by atoms with Gasteiger partial charge in [-0.2, -0.15) is 23.0 Å². The molecule has 0 atom stereocenters. The molecule has 5 nitrogen and oxygen atoms in total. The zero-order valence-corrected chi connectivity index (χ0v) is 16.8. The number of benzene rings is 3. The number of carbonyl (C=O) groups excluding carboxylic acids is 1. The fourth-order valence-corrected chi connectivity index (χ4v) is 3.51. The Morgan fingerprint density at radius 3 is 2.22 bits per heavy atom. The molecule has 0 radical (unpaired) electrons. The number of halogens is 3. The number of alkyl halides is 3. The number of para-hydroxylation sites is 1. The van der Waals surface area contributed by atoms with Crippen LogP contribution in [0.1, 0.15) is 21.6 Å². The average molecular weight is 437 g/mol. The Morgan fingerprint density at radius 1 is 0.875 bits per heavy atom. The van der Waals surface area contributed by atoms with Crippen molar-refractivity contribution in [1.29, 1.82) is 0 Å². The number of rotatable bonds is 5. The third-order valence-electron chi connectivity index (χ3n) is 5.02. The standard InChI is InChI=1S/C24H18F3N3O2/c25-24(26,27)20-13-7-4-8-16(20)14-15-28-22(31)21-18-11-5-6-12-19(18)23(32)30(29-21)17-9-2-1-3-10-17/h1-13H,14-15H2,(H,28,31). The average Bonchev–Trinajstić information content (AvgIpc) is 2.79. The summed E-state index contributed by atoms with van der Waals surface area (Å²) >= 11 is 0. The van der Waals surface area contributed by atoms with E-state index in [1.54, 1.807) is 54.6 Å². The van der Waals surface area contributed by atoms with E-state index in [9.17, 15) is 22.8 Å². The van der Waals surface area contributed by atoms with E-state index in [1.165, 1.54) is 18.2 Å². The molecule has 32 heavy (non-hydrogen) atoms. The molecule has 0 saturated carbocycles. The number of nitrogens with one attached hydrogen (secondary N) is 1. The summed E-state index contributed by atoms with van der Waals surface area (Å²) in [5.74, 6) is -0.574. The van der Waals surface area contributed by atoms with Gasteiger partial charge < -0.3 is 5.32 Å². The minimum absolute atomic E-state index is 0.00230. The highest BCUT2D eigenvalue weighted by Gasteiger charge is 2.32. The molecular weight excluding hydrogens is 419 g/mol. The summed E-state index contributed by atoms with van der Waals surface area (Å²) in [4.78, 5) is 25.8. The van der Waals surface area contributed by atoms with E-state index in [2.05, 4.69) is 10.4 Å². The highest BCUT2D eigenvalue weighted by Crippen LogP contribution is 2.31. The molecule has 4 rings (SSSR count). The number of hydrogen-bond donors (Lipinski definition) is 1. The van der Waals surface area contributed by atoms with E-state index in [0.29, 0.717) is 16.5 Å². The van der Waals surface area contributed by atoms with Crippen LogP contribution in [0.5, 0.6) is 0 Å². The molecule has 0 aliphatic heterocycles. The summed E-state index contributed by atoms with van der Waals surface area (Å²) in [6.07, 6.45) is -4.47. The fourth-order valence-electron chi connectivity index (χ4n) is 3.51. The second kappa shape index (κ2) is 8.66. The summed E-state index contributed by atoms with van der Waals surface area (Å²) < 4.78 is 40.7. The van der Waals surface area contributed by atoms with Crippen molar-refractivity contribution in [2.45, 2.75) is 12.6 Å². The lowest BCUT2D eigenvalue weighted by Gasteiger charge is -2.14. The Morgan fingerprint density at radius 2 is 1.50 bits per heavy atom. The maximum absolute atomic E-state index is 13.2. The van der Waals surface area contributed by atoms with Gasteiger partial charge in [-0.05, 0) is 36.2 Å². The number of nitrogens with zero attached hydrogens (tertiary/aromatic N) is 2. The molecule has 8 heteroatoms. The third kappa shape index (κ3) is 4.25. The Kier molecular flexibility index (Phi) is 5.77. The SMILES string of the molecule is O=C(NCCc1ccccc1C(F)(F)F)c1nn(-c2ccccc2)c(=O)c2ccccc12. The van der Waals surface area contributed by atoms with Gasteiger partial charge in [0.15, 0.2) is 5.69 Å². The molecule has 162 valence electrons. The molecule has 0 bridgehead atoms. The zero-order chi connectivity index (χ0) is 22.7. The van der Waals surface area contributed by atoms with Crippen molar-refractivity contribution in [3.05, 3.63) is 106 Å². The molecule has 1 amide bonds. The van der Waals surface area contributed by atoms with E-state index in [4.69, 9.17) is 0 Å². The van der Waals surface area contributed by atoms with Gasteiger partial charge in [-0.15, -0.1) is 0 Å². The normalized spacial score (nSPS) is 11.5. The van der Waals surface area contributed by atoms with Gasteiger partial charge in [0.1, 0.15) is 0 Å². The Balaban J connectivity index is 1.64. The molecule has 4 aromatic rings. The van der Waals surface area contributed by atoms with Crippen molar-refractivity contribution in [1.82, 2.24) is 15.1 Å². The van der Waals surface area contributed by atoms with Crippen LogP contribution in [0.25, 0.3) is 16.5 Å². The van der Waals surface area contributed by atoms with E-state index in [1.807, 2.05) is 0 Å². The Labute approximate surface area is 181 Å². The maximum atomic E-state index is 13.2. The maximum Gasteiger partial charge on any atom is 0.416 e. The quantitative estimate of drug-likeness (QED) is 0.504. The van der Waals surface area contributed by atoms with Crippen molar-refractivity contribution in [3.8, 4) is 5.69 Å². The van der Waals surface area contributed by atoms with Gasteiger partial charge in [0.05, 0.1) is 16.6 Å². The van der Waals surface area contributed by atoms with Crippen LogP contribution >= 0.6 is 0 Å². The van der Waals surface area contributed by atoms with Crippen molar-refractivity contribution in [2.75, 3.05) is 6.54 Å². The van der Waals surface area contributed by atoms with Gasteiger partial charge in [0, 0.05) is 11.9 Å². The smallest absolute Gasteiger partial charge is 0.350 e. The van der Waals surface area contributed by atoms with Crippen LogP contribution in [0.2, 0.25) is 0 Å². The monoisotopic (exact) mass is 437 g/mol. The number of hydrogen-bond acceptors (Lipinski definition) is 3. The van der Waals surface area contributed by atoms with E-state index in [0.717, 1.165) is 10.7 Å². The molecule has 1 aromatic heterocycles. The first kappa shape index (κ1) is 21.3. The minimum Gasteiger partial charge on any atom is -0.350 e. The summed E-state index contributed by atoms with van der Waals surface area (Å²) in [6, 6.07) is 20.5. The molecule has 0 unspecified atom stereocenters. The summed E-state index contributed by atoms with van der Waals surface area (Å²) in [5.41, 5.74) is -0.491. The number of fused-ring (bicyclic) bond motifs is 1. The van der Waals surface area contributed by atoms with E-state index >= 15 is 0 Å². The lowest BCUT2D eigenvalue weighted by molar-refractivity contribution is -0.138. The predicted octanol–water partition coefficient (Wildman–Crippen LogP) is 4.38. The van der Waals surface area contributed by atoms with Crippen LogP contribution in [0, 0.1) is 0 Å². The highest BCUT2D eigenvalue weighted by molar-refractivity contribution is 6.04. The Bertz CT molecular complexity index is 1330. The second-order valence-corrected chi connectivity index (χ2v) is 7.11. The summed E-state index contributed by atoms with van der Waals surface area (Å²) in [6.45, 7) is -0.0214. The van der Waals surface area contributed by atoms with Crippen LogP contribution in [-0.2, 0) is 12.6 Å². The molecule has 0 aliphatic rings. The second-order valence-electron chi connectivity index (χ2n) is 7.11. The molecule has 1 heterocycles. The first-order valence-corrected chi connectivity index (χ1v) is 9.87. The van der Waals surface area contributed by atoms with E-state index < -0.39 is 17.6 Å². The van der Waals surface area contributed by atoms with Crippen LogP contribution in [-0.4, -0.2) is 22.2 Å². The van der Waals surface area contributed by atoms with E-state index in [-0.39, 0.29) is 29.8 Å². The fraction of sp³-hybridized carbons (Fsp3) is 0.125. The molecule has 0 fully saturated rings. The van der Waals surface area contributed by atoms with Crippen LogP contribution in [0.3, 0.4) is 0 Å². The Hall–Kier alpha value is -3.94. The first-order chi connectivity index (χ1) is 15.4. The molecule has 1 N–H and O–H groups in total. The molecule has 0 saturated heterocycles. The molecule has 0 spiro atoms. The molecule has 3 aromatic carbocycles. The predicted molar refractivity (Wildman–Crippen MR) is 115 cm³/mol. The van der Waals surface area contributed by atoms with Gasteiger partial charge in [-0.3, -0.25) is 9.59 Å². The van der Waals surface area contributed by atoms with Gasteiger partial charge >= 0.3 is 6.18 Å². The topological polar surface area (TPSA) is 64.0 Å².